The molecule has 0 aliphatic heterocycles. The Morgan fingerprint density at radius 1 is 1.23 bits per heavy atom. The van der Waals surface area contributed by atoms with Crippen molar-refractivity contribution < 1.29 is 13.2 Å². The van der Waals surface area contributed by atoms with Gasteiger partial charge in [-0.15, -0.1) is 10.2 Å². The molecule has 0 saturated carbocycles. The summed E-state index contributed by atoms with van der Waals surface area (Å²) in [7, 11) is -3.85. The number of aromatic nitrogens is 2. The van der Waals surface area contributed by atoms with Crippen molar-refractivity contribution in [1.29, 1.82) is 0 Å². The SMILES string of the molecule is CC(C)c1cccc(NC(=O)CS(=O)(=O)c2nnc(NC(C)(C)C)s2)c1. The summed E-state index contributed by atoms with van der Waals surface area (Å²) in [4.78, 5) is 12.2. The molecule has 0 bridgehead atoms. The number of carbonyl (C=O) groups is 1. The van der Waals surface area contributed by atoms with Crippen LogP contribution in [0, 0.1) is 0 Å². The first kappa shape index (κ1) is 20.3. The molecular weight excluding hydrogens is 372 g/mol. The van der Waals surface area contributed by atoms with Crippen LogP contribution in [0.5, 0.6) is 0 Å². The number of nitrogens with one attached hydrogen (secondary N) is 2. The predicted molar refractivity (Wildman–Crippen MR) is 104 cm³/mol. The van der Waals surface area contributed by atoms with E-state index in [0.29, 0.717) is 16.7 Å². The van der Waals surface area contributed by atoms with Gasteiger partial charge in [-0.2, -0.15) is 0 Å². The third-order valence-corrected chi connectivity index (χ3v) is 6.21. The van der Waals surface area contributed by atoms with E-state index in [1.165, 1.54) is 0 Å². The van der Waals surface area contributed by atoms with E-state index in [1.54, 1.807) is 6.07 Å². The van der Waals surface area contributed by atoms with Crippen LogP contribution in [0.15, 0.2) is 28.6 Å². The Bertz CT molecular complexity index is 883. The summed E-state index contributed by atoms with van der Waals surface area (Å²) in [5, 5.41) is 13.6. The van der Waals surface area contributed by atoms with E-state index in [9.17, 15) is 13.2 Å². The lowest BCUT2D eigenvalue weighted by molar-refractivity contribution is -0.113. The first-order valence-corrected chi connectivity index (χ1v) is 10.7. The van der Waals surface area contributed by atoms with Crippen LogP contribution in [0.4, 0.5) is 10.8 Å². The monoisotopic (exact) mass is 396 g/mol. The minimum absolute atomic E-state index is 0.171. The molecule has 0 atom stereocenters. The fraction of sp³-hybridized carbons (Fsp3) is 0.471. The van der Waals surface area contributed by atoms with Gasteiger partial charge in [-0.1, -0.05) is 37.3 Å². The topological polar surface area (TPSA) is 101 Å². The standard InChI is InChI=1S/C17H24N4O3S2/c1-11(2)12-7-6-8-13(9-12)18-14(22)10-26(23,24)16-21-20-15(25-16)19-17(3,4)5/h6-9,11H,10H2,1-5H3,(H,18,22)(H,19,20). The summed E-state index contributed by atoms with van der Waals surface area (Å²) in [6.45, 7) is 9.89. The second kappa shape index (κ2) is 7.71. The van der Waals surface area contributed by atoms with Gasteiger partial charge in [0.25, 0.3) is 0 Å². The number of rotatable bonds is 6. The minimum atomic E-state index is -3.85. The molecule has 26 heavy (non-hydrogen) atoms. The molecular formula is C17H24N4O3S2. The number of sulfone groups is 1. The van der Waals surface area contributed by atoms with Crippen LogP contribution in [-0.4, -0.2) is 35.8 Å². The third kappa shape index (κ3) is 5.77. The largest absolute Gasteiger partial charge is 0.355 e. The fourth-order valence-electron chi connectivity index (χ4n) is 2.11. The quantitative estimate of drug-likeness (QED) is 0.777. The van der Waals surface area contributed by atoms with Crippen molar-refractivity contribution in [2.75, 3.05) is 16.4 Å². The van der Waals surface area contributed by atoms with Crippen LogP contribution < -0.4 is 10.6 Å². The number of nitrogens with zero attached hydrogens (tertiary/aromatic N) is 2. The van der Waals surface area contributed by atoms with Crippen LogP contribution >= 0.6 is 11.3 Å². The molecule has 0 spiro atoms. The lowest BCUT2D eigenvalue weighted by Crippen LogP contribution is -2.25. The van der Waals surface area contributed by atoms with Gasteiger partial charge in [0.1, 0.15) is 5.75 Å². The number of amides is 1. The second-order valence-corrected chi connectivity index (χ2v) is 10.5. The van der Waals surface area contributed by atoms with Crippen molar-refractivity contribution in [2.24, 2.45) is 0 Å². The van der Waals surface area contributed by atoms with Crippen LogP contribution in [-0.2, 0) is 14.6 Å². The molecule has 0 fully saturated rings. The van der Waals surface area contributed by atoms with Crippen LogP contribution in [0.25, 0.3) is 0 Å². The maximum Gasteiger partial charge on any atom is 0.240 e. The van der Waals surface area contributed by atoms with Crippen molar-refractivity contribution in [3.8, 4) is 0 Å². The van der Waals surface area contributed by atoms with E-state index in [0.717, 1.165) is 16.9 Å². The van der Waals surface area contributed by atoms with Crippen molar-refractivity contribution in [2.45, 2.75) is 50.4 Å². The van der Waals surface area contributed by atoms with E-state index >= 15 is 0 Å². The molecule has 2 rings (SSSR count). The zero-order chi connectivity index (χ0) is 19.5. The van der Waals surface area contributed by atoms with Gasteiger partial charge >= 0.3 is 0 Å². The van der Waals surface area contributed by atoms with Crippen molar-refractivity contribution in [3.63, 3.8) is 0 Å². The van der Waals surface area contributed by atoms with E-state index in [-0.39, 0.29) is 9.88 Å². The van der Waals surface area contributed by atoms with Crippen LogP contribution in [0.3, 0.4) is 0 Å². The molecule has 2 aromatic rings. The number of hydrogen-bond acceptors (Lipinski definition) is 7. The summed E-state index contributed by atoms with van der Waals surface area (Å²) in [6, 6.07) is 7.36. The Kier molecular flexibility index (Phi) is 6.02. The van der Waals surface area contributed by atoms with Gasteiger partial charge in [0.05, 0.1) is 0 Å². The number of hydrogen-bond donors (Lipinski definition) is 2. The molecule has 0 radical (unpaired) electrons. The van der Waals surface area contributed by atoms with E-state index in [1.807, 2.05) is 52.8 Å². The summed E-state index contributed by atoms with van der Waals surface area (Å²) >= 11 is 0.920. The van der Waals surface area contributed by atoms with Gasteiger partial charge in [0, 0.05) is 11.2 Å². The Morgan fingerprint density at radius 2 is 1.92 bits per heavy atom. The highest BCUT2D eigenvalue weighted by atomic mass is 32.2. The lowest BCUT2D eigenvalue weighted by atomic mass is 10.0. The summed E-state index contributed by atoms with van der Waals surface area (Å²) < 4.78 is 24.6. The maximum absolute atomic E-state index is 12.4. The predicted octanol–water partition coefficient (Wildman–Crippen LogP) is 3.28. The Balaban J connectivity index is 2.07. The molecule has 1 aromatic heterocycles. The van der Waals surface area contributed by atoms with Gasteiger partial charge in [-0.3, -0.25) is 4.79 Å². The molecule has 1 heterocycles. The minimum Gasteiger partial charge on any atom is -0.355 e. The zero-order valence-electron chi connectivity index (χ0n) is 15.5. The van der Waals surface area contributed by atoms with Gasteiger partial charge in [-0.25, -0.2) is 8.42 Å². The van der Waals surface area contributed by atoms with Gasteiger partial charge < -0.3 is 10.6 Å². The molecule has 0 aliphatic rings. The van der Waals surface area contributed by atoms with Gasteiger partial charge in [0.15, 0.2) is 0 Å². The highest BCUT2D eigenvalue weighted by molar-refractivity contribution is 7.94. The van der Waals surface area contributed by atoms with E-state index in [2.05, 4.69) is 20.8 Å². The Morgan fingerprint density at radius 3 is 2.54 bits per heavy atom. The summed E-state index contributed by atoms with van der Waals surface area (Å²) in [5.41, 5.74) is 1.37. The average Bonchev–Trinajstić information content (AvgIpc) is 2.94. The highest BCUT2D eigenvalue weighted by Crippen LogP contribution is 2.24. The van der Waals surface area contributed by atoms with E-state index < -0.39 is 21.5 Å². The maximum atomic E-state index is 12.4. The normalized spacial score (nSPS) is 12.2. The van der Waals surface area contributed by atoms with Crippen molar-refractivity contribution >= 4 is 37.9 Å². The molecule has 9 heteroatoms. The third-order valence-electron chi connectivity index (χ3n) is 3.31. The molecule has 7 nitrogen and oxygen atoms in total. The molecule has 1 aromatic carbocycles. The van der Waals surface area contributed by atoms with Crippen LogP contribution in [0.1, 0.15) is 46.1 Å². The van der Waals surface area contributed by atoms with Crippen molar-refractivity contribution in [3.05, 3.63) is 29.8 Å². The Hall–Kier alpha value is -2.00. The molecule has 0 unspecified atom stereocenters. The molecule has 0 saturated heterocycles. The summed E-state index contributed by atoms with van der Waals surface area (Å²) in [6.07, 6.45) is 0. The summed E-state index contributed by atoms with van der Waals surface area (Å²) in [5.74, 6) is -0.972. The fourth-order valence-corrected chi connectivity index (χ4v) is 4.43. The molecule has 1 amide bonds. The zero-order valence-corrected chi connectivity index (χ0v) is 17.2. The lowest BCUT2D eigenvalue weighted by Gasteiger charge is -2.18. The number of anilines is 2. The smallest absolute Gasteiger partial charge is 0.240 e. The highest BCUT2D eigenvalue weighted by Gasteiger charge is 2.25. The molecule has 2 N–H and O–H groups in total. The van der Waals surface area contributed by atoms with E-state index in [4.69, 9.17) is 0 Å². The first-order chi connectivity index (χ1) is 12.0. The average molecular weight is 397 g/mol. The second-order valence-electron chi connectivity index (χ2n) is 7.34. The number of carbonyl (C=O) groups excluding carboxylic acids is 1. The van der Waals surface area contributed by atoms with Crippen LogP contribution in [0.2, 0.25) is 0 Å². The van der Waals surface area contributed by atoms with Gasteiger partial charge in [0.2, 0.25) is 25.2 Å². The molecule has 142 valence electrons. The number of benzene rings is 1. The molecule has 0 aliphatic carbocycles. The Labute approximate surface area is 158 Å². The van der Waals surface area contributed by atoms with Gasteiger partial charge in [-0.05, 0) is 44.4 Å². The van der Waals surface area contributed by atoms with Crippen molar-refractivity contribution in [1.82, 2.24) is 10.2 Å². The first-order valence-electron chi connectivity index (χ1n) is 8.20.